The van der Waals surface area contributed by atoms with Gasteiger partial charge in [0.05, 0.1) is 24.9 Å². The summed E-state index contributed by atoms with van der Waals surface area (Å²) in [5.41, 5.74) is 3.77. The number of ether oxygens (including phenoxy) is 1. The predicted octanol–water partition coefficient (Wildman–Crippen LogP) is 2.42. The number of hydrogen-bond acceptors (Lipinski definition) is 5. The molecule has 6 heteroatoms. The Hall–Kier alpha value is -2.02. The molecule has 4 heterocycles. The standard InChI is InChI=1S/C19H19N3O2S/c23-19-17-14-5-7-20-9-16(14)25-18(17)21-11-22(19)10-15-13-4-2-1-3-12(13)6-8-24-15/h1-4,11,15,20H,5-10H2. The summed E-state index contributed by atoms with van der Waals surface area (Å²) >= 11 is 1.64. The summed E-state index contributed by atoms with van der Waals surface area (Å²) in [4.78, 5) is 19.8. The van der Waals surface area contributed by atoms with E-state index in [2.05, 4.69) is 28.5 Å². The second kappa shape index (κ2) is 6.05. The van der Waals surface area contributed by atoms with Crippen molar-refractivity contribution in [1.82, 2.24) is 14.9 Å². The minimum atomic E-state index is -0.0852. The third-order valence-electron chi connectivity index (χ3n) is 5.15. The van der Waals surface area contributed by atoms with E-state index in [9.17, 15) is 4.79 Å². The molecule has 1 atom stereocenters. The average Bonchev–Trinajstić information content (AvgIpc) is 3.03. The fraction of sp³-hybridized carbons (Fsp3) is 0.368. The van der Waals surface area contributed by atoms with Crippen LogP contribution in [-0.2, 0) is 30.7 Å². The molecule has 2 aliphatic heterocycles. The van der Waals surface area contributed by atoms with Gasteiger partial charge in [-0.3, -0.25) is 9.36 Å². The predicted molar refractivity (Wildman–Crippen MR) is 98.1 cm³/mol. The van der Waals surface area contributed by atoms with E-state index in [4.69, 9.17) is 4.74 Å². The lowest BCUT2D eigenvalue weighted by molar-refractivity contribution is 0.0299. The lowest BCUT2D eigenvalue weighted by Gasteiger charge is -2.26. The molecule has 0 amide bonds. The van der Waals surface area contributed by atoms with E-state index in [0.717, 1.165) is 36.1 Å². The van der Waals surface area contributed by atoms with Gasteiger partial charge in [-0.2, -0.15) is 0 Å². The summed E-state index contributed by atoms with van der Waals surface area (Å²) in [6.07, 6.45) is 3.43. The molecular formula is C19H19N3O2S. The van der Waals surface area contributed by atoms with E-state index in [1.165, 1.54) is 21.6 Å². The Morgan fingerprint density at radius 1 is 1.32 bits per heavy atom. The van der Waals surface area contributed by atoms with Gasteiger partial charge in [-0.15, -0.1) is 11.3 Å². The number of nitrogens with one attached hydrogen (secondary N) is 1. The van der Waals surface area contributed by atoms with Crippen LogP contribution in [0.15, 0.2) is 35.4 Å². The SMILES string of the molecule is O=c1c2c3c(sc2ncn1CC1OCCc2ccccc21)CNCC3. The van der Waals surface area contributed by atoms with Gasteiger partial charge in [-0.1, -0.05) is 24.3 Å². The Morgan fingerprint density at radius 2 is 2.24 bits per heavy atom. The number of hydrogen-bond donors (Lipinski definition) is 1. The summed E-state index contributed by atoms with van der Waals surface area (Å²) in [6.45, 7) is 2.98. The van der Waals surface area contributed by atoms with Crippen LogP contribution in [0.3, 0.4) is 0 Å². The Bertz CT molecular complexity index is 1010. The highest BCUT2D eigenvalue weighted by Crippen LogP contribution is 2.31. The van der Waals surface area contributed by atoms with Crippen molar-refractivity contribution in [1.29, 1.82) is 0 Å². The largest absolute Gasteiger partial charge is 0.371 e. The minimum absolute atomic E-state index is 0.0658. The fourth-order valence-electron chi connectivity index (χ4n) is 3.89. The van der Waals surface area contributed by atoms with Gasteiger partial charge in [0.2, 0.25) is 0 Å². The molecule has 1 aromatic carbocycles. The number of nitrogens with zero attached hydrogens (tertiary/aromatic N) is 2. The maximum Gasteiger partial charge on any atom is 0.262 e. The van der Waals surface area contributed by atoms with Crippen LogP contribution in [0.1, 0.15) is 27.7 Å². The van der Waals surface area contributed by atoms with E-state index < -0.39 is 0 Å². The first-order valence-electron chi connectivity index (χ1n) is 8.71. The minimum Gasteiger partial charge on any atom is -0.371 e. The van der Waals surface area contributed by atoms with Crippen molar-refractivity contribution in [3.8, 4) is 0 Å². The number of thiophene rings is 1. The molecule has 2 aliphatic rings. The van der Waals surface area contributed by atoms with Crippen LogP contribution >= 0.6 is 11.3 Å². The highest BCUT2D eigenvalue weighted by atomic mass is 32.1. The molecule has 0 bridgehead atoms. The van der Waals surface area contributed by atoms with Gasteiger partial charge in [0, 0.05) is 11.4 Å². The molecule has 0 spiro atoms. The highest BCUT2D eigenvalue weighted by Gasteiger charge is 2.23. The molecule has 0 saturated carbocycles. The van der Waals surface area contributed by atoms with Crippen molar-refractivity contribution < 1.29 is 4.74 Å². The molecule has 5 rings (SSSR count). The summed E-state index contributed by atoms with van der Waals surface area (Å²) in [5, 5.41) is 4.18. The van der Waals surface area contributed by atoms with E-state index in [1.54, 1.807) is 22.2 Å². The van der Waals surface area contributed by atoms with Gasteiger partial charge in [-0.25, -0.2) is 4.98 Å². The maximum absolute atomic E-state index is 13.1. The zero-order valence-corrected chi connectivity index (χ0v) is 14.6. The van der Waals surface area contributed by atoms with Gasteiger partial charge in [-0.05, 0) is 36.1 Å². The van der Waals surface area contributed by atoms with Crippen molar-refractivity contribution in [3.63, 3.8) is 0 Å². The lowest BCUT2D eigenvalue weighted by Crippen LogP contribution is -2.28. The fourth-order valence-corrected chi connectivity index (χ4v) is 5.03. The average molecular weight is 353 g/mol. The Kier molecular flexibility index (Phi) is 3.69. The second-order valence-electron chi connectivity index (χ2n) is 6.62. The maximum atomic E-state index is 13.1. The molecule has 0 aliphatic carbocycles. The van der Waals surface area contributed by atoms with Gasteiger partial charge < -0.3 is 10.1 Å². The van der Waals surface area contributed by atoms with Crippen LogP contribution < -0.4 is 10.9 Å². The lowest BCUT2D eigenvalue weighted by atomic mass is 9.97. The number of aromatic nitrogens is 2. The summed E-state index contributed by atoms with van der Waals surface area (Å²) < 4.78 is 7.70. The first kappa shape index (κ1) is 15.3. The van der Waals surface area contributed by atoms with Gasteiger partial charge in [0.15, 0.2) is 0 Å². The molecule has 2 aromatic heterocycles. The van der Waals surface area contributed by atoms with Crippen molar-refractivity contribution >= 4 is 21.6 Å². The van der Waals surface area contributed by atoms with E-state index in [0.29, 0.717) is 13.2 Å². The zero-order chi connectivity index (χ0) is 16.8. The van der Waals surface area contributed by atoms with Crippen molar-refractivity contribution in [2.45, 2.75) is 32.0 Å². The second-order valence-corrected chi connectivity index (χ2v) is 7.70. The molecule has 0 saturated heterocycles. The Morgan fingerprint density at radius 3 is 3.20 bits per heavy atom. The molecule has 5 nitrogen and oxygen atoms in total. The van der Waals surface area contributed by atoms with Crippen molar-refractivity contribution in [2.75, 3.05) is 13.2 Å². The summed E-state index contributed by atoms with van der Waals surface area (Å²) in [7, 11) is 0. The molecule has 25 heavy (non-hydrogen) atoms. The topological polar surface area (TPSA) is 56.2 Å². The number of benzene rings is 1. The van der Waals surface area contributed by atoms with Crippen molar-refractivity contribution in [2.24, 2.45) is 0 Å². The van der Waals surface area contributed by atoms with Crippen LogP contribution in [0.5, 0.6) is 0 Å². The van der Waals surface area contributed by atoms with Gasteiger partial charge in [0.25, 0.3) is 5.56 Å². The van der Waals surface area contributed by atoms with E-state index in [1.807, 2.05) is 6.07 Å². The molecule has 1 N–H and O–H groups in total. The molecule has 3 aromatic rings. The molecule has 128 valence electrons. The summed E-state index contributed by atoms with van der Waals surface area (Å²) in [5.74, 6) is 0. The Labute approximate surface area is 149 Å². The molecule has 1 unspecified atom stereocenters. The third kappa shape index (κ3) is 2.52. The summed E-state index contributed by atoms with van der Waals surface area (Å²) in [6, 6.07) is 8.35. The van der Waals surface area contributed by atoms with Crippen molar-refractivity contribution in [3.05, 3.63) is 62.5 Å². The first-order valence-corrected chi connectivity index (χ1v) is 9.53. The van der Waals surface area contributed by atoms with Crippen LogP contribution in [0, 0.1) is 0 Å². The van der Waals surface area contributed by atoms with Gasteiger partial charge in [0.1, 0.15) is 10.9 Å². The van der Waals surface area contributed by atoms with Crippen LogP contribution in [-0.4, -0.2) is 22.7 Å². The van der Waals surface area contributed by atoms with Crippen LogP contribution in [0.25, 0.3) is 10.2 Å². The van der Waals surface area contributed by atoms with E-state index in [-0.39, 0.29) is 11.7 Å². The smallest absolute Gasteiger partial charge is 0.262 e. The molecular weight excluding hydrogens is 334 g/mol. The monoisotopic (exact) mass is 353 g/mol. The quantitative estimate of drug-likeness (QED) is 0.769. The molecule has 0 fully saturated rings. The normalized spacial score (nSPS) is 19.6. The molecule has 0 radical (unpaired) electrons. The number of rotatable bonds is 2. The Balaban J connectivity index is 1.56. The van der Waals surface area contributed by atoms with Crippen LogP contribution in [0.2, 0.25) is 0 Å². The first-order chi connectivity index (χ1) is 12.3. The van der Waals surface area contributed by atoms with Crippen LogP contribution in [0.4, 0.5) is 0 Å². The number of fused-ring (bicyclic) bond motifs is 4. The van der Waals surface area contributed by atoms with E-state index >= 15 is 0 Å². The van der Waals surface area contributed by atoms with Gasteiger partial charge >= 0.3 is 0 Å². The highest BCUT2D eigenvalue weighted by molar-refractivity contribution is 7.18. The zero-order valence-electron chi connectivity index (χ0n) is 13.8. The third-order valence-corrected chi connectivity index (χ3v) is 6.29.